The Kier molecular flexibility index (Phi) is 6.67. The Bertz CT molecular complexity index is 484. The zero-order valence-electron chi connectivity index (χ0n) is 14.9. The molecule has 1 heterocycles. The third-order valence-corrected chi connectivity index (χ3v) is 7.08. The van der Waals surface area contributed by atoms with Crippen molar-refractivity contribution < 1.29 is 8.42 Å². The SMILES string of the molecule is CCN(CC)C(C)CNC(=NC)N1CCS(=O)(=O)C(C)(C)C1. The van der Waals surface area contributed by atoms with Crippen LogP contribution in [0.15, 0.2) is 4.99 Å². The van der Waals surface area contributed by atoms with Crippen molar-refractivity contribution in [3.63, 3.8) is 0 Å². The molecule has 1 fully saturated rings. The maximum Gasteiger partial charge on any atom is 0.193 e. The third kappa shape index (κ3) is 4.35. The number of sulfone groups is 1. The average molecular weight is 333 g/mol. The van der Waals surface area contributed by atoms with E-state index in [1.165, 1.54) is 0 Å². The number of hydrogen-bond donors (Lipinski definition) is 1. The molecule has 0 aromatic rings. The van der Waals surface area contributed by atoms with Crippen LogP contribution in [0.1, 0.15) is 34.6 Å². The maximum absolute atomic E-state index is 12.1. The van der Waals surface area contributed by atoms with Crippen LogP contribution in [0, 0.1) is 0 Å². The van der Waals surface area contributed by atoms with Crippen molar-refractivity contribution in [3.05, 3.63) is 0 Å². The molecule has 0 saturated carbocycles. The molecule has 1 aliphatic heterocycles. The molecule has 0 bridgehead atoms. The molecule has 130 valence electrons. The lowest BCUT2D eigenvalue weighted by Crippen LogP contribution is -2.58. The molecule has 1 unspecified atom stereocenters. The molecule has 7 heteroatoms. The zero-order chi connectivity index (χ0) is 17.0. The lowest BCUT2D eigenvalue weighted by Gasteiger charge is -2.39. The second-order valence-electron chi connectivity index (χ2n) is 6.50. The Labute approximate surface area is 135 Å². The van der Waals surface area contributed by atoms with Gasteiger partial charge in [0.1, 0.15) is 0 Å². The summed E-state index contributed by atoms with van der Waals surface area (Å²) in [5.74, 6) is 0.980. The van der Waals surface area contributed by atoms with Gasteiger partial charge < -0.3 is 10.2 Å². The van der Waals surface area contributed by atoms with E-state index >= 15 is 0 Å². The lowest BCUT2D eigenvalue weighted by molar-refractivity contribution is 0.229. The van der Waals surface area contributed by atoms with Gasteiger partial charge in [-0.15, -0.1) is 0 Å². The number of guanidine groups is 1. The van der Waals surface area contributed by atoms with Crippen LogP contribution in [0.25, 0.3) is 0 Å². The van der Waals surface area contributed by atoms with Gasteiger partial charge in [-0.1, -0.05) is 13.8 Å². The Morgan fingerprint density at radius 3 is 2.41 bits per heavy atom. The van der Waals surface area contributed by atoms with E-state index < -0.39 is 14.6 Å². The zero-order valence-corrected chi connectivity index (χ0v) is 15.7. The Hall–Kier alpha value is -0.820. The van der Waals surface area contributed by atoms with Crippen molar-refractivity contribution in [2.24, 2.45) is 4.99 Å². The molecule has 1 N–H and O–H groups in total. The highest BCUT2D eigenvalue weighted by atomic mass is 32.2. The van der Waals surface area contributed by atoms with Crippen molar-refractivity contribution in [1.29, 1.82) is 0 Å². The van der Waals surface area contributed by atoms with Crippen LogP contribution in [0.4, 0.5) is 0 Å². The maximum atomic E-state index is 12.1. The van der Waals surface area contributed by atoms with E-state index in [-0.39, 0.29) is 5.75 Å². The van der Waals surface area contributed by atoms with Crippen molar-refractivity contribution >= 4 is 15.8 Å². The number of aliphatic imine (C=N–C) groups is 1. The molecule has 1 atom stereocenters. The van der Waals surface area contributed by atoms with Crippen LogP contribution in [-0.2, 0) is 9.84 Å². The number of likely N-dealkylation sites (N-methyl/N-ethyl adjacent to an activating group) is 1. The fourth-order valence-electron chi connectivity index (χ4n) is 2.87. The molecule has 1 rings (SSSR count). The fourth-order valence-corrected chi connectivity index (χ4v) is 4.24. The van der Waals surface area contributed by atoms with E-state index in [2.05, 4.69) is 40.9 Å². The van der Waals surface area contributed by atoms with E-state index in [9.17, 15) is 8.42 Å². The average Bonchev–Trinajstić information content (AvgIpc) is 2.44. The Balaban J connectivity index is 2.67. The minimum Gasteiger partial charge on any atom is -0.355 e. The first-order valence-corrected chi connectivity index (χ1v) is 9.75. The van der Waals surface area contributed by atoms with Crippen LogP contribution < -0.4 is 5.32 Å². The molecular formula is C15H32N4O2S. The van der Waals surface area contributed by atoms with Crippen molar-refractivity contribution in [2.45, 2.75) is 45.4 Å². The normalized spacial score (nSPS) is 22.7. The summed E-state index contributed by atoms with van der Waals surface area (Å²) in [6, 6.07) is 0.410. The second-order valence-corrected chi connectivity index (χ2v) is 9.24. The monoisotopic (exact) mass is 332 g/mol. The summed E-state index contributed by atoms with van der Waals surface area (Å²) in [4.78, 5) is 8.76. The molecule has 0 aromatic carbocycles. The van der Waals surface area contributed by atoms with Crippen molar-refractivity contribution in [1.82, 2.24) is 15.1 Å². The third-order valence-electron chi connectivity index (χ3n) is 4.55. The minimum atomic E-state index is -3.02. The first-order chi connectivity index (χ1) is 10.2. The summed E-state index contributed by atoms with van der Waals surface area (Å²) in [6.45, 7) is 13.9. The Morgan fingerprint density at radius 1 is 1.36 bits per heavy atom. The van der Waals surface area contributed by atoms with Crippen LogP contribution in [-0.4, -0.2) is 80.5 Å². The van der Waals surface area contributed by atoms with E-state index in [4.69, 9.17) is 0 Å². The van der Waals surface area contributed by atoms with E-state index in [1.807, 2.05) is 0 Å². The van der Waals surface area contributed by atoms with Crippen LogP contribution in [0.2, 0.25) is 0 Å². The van der Waals surface area contributed by atoms with Gasteiger partial charge in [-0.3, -0.25) is 9.89 Å². The van der Waals surface area contributed by atoms with Gasteiger partial charge in [-0.05, 0) is 33.9 Å². The van der Waals surface area contributed by atoms with Gasteiger partial charge in [0.05, 0.1) is 10.5 Å². The number of rotatable bonds is 5. The van der Waals surface area contributed by atoms with E-state index in [1.54, 1.807) is 20.9 Å². The minimum absolute atomic E-state index is 0.187. The Morgan fingerprint density at radius 2 is 1.95 bits per heavy atom. The first-order valence-electron chi connectivity index (χ1n) is 8.10. The molecule has 1 aliphatic rings. The van der Waals surface area contributed by atoms with Gasteiger partial charge in [-0.2, -0.15) is 0 Å². The largest absolute Gasteiger partial charge is 0.355 e. The standard InChI is InChI=1S/C15H32N4O2S/c1-7-18(8-2)13(3)11-17-14(16-6)19-9-10-22(20,21)15(4,5)12-19/h13H,7-12H2,1-6H3,(H,16,17). The molecule has 22 heavy (non-hydrogen) atoms. The van der Waals surface area contributed by atoms with E-state index in [0.717, 1.165) is 25.6 Å². The number of nitrogens with zero attached hydrogens (tertiary/aromatic N) is 3. The van der Waals surface area contributed by atoms with Gasteiger partial charge in [0.15, 0.2) is 15.8 Å². The van der Waals surface area contributed by atoms with E-state index in [0.29, 0.717) is 19.1 Å². The highest BCUT2D eigenvalue weighted by Gasteiger charge is 2.40. The number of nitrogens with one attached hydrogen (secondary N) is 1. The second kappa shape index (κ2) is 7.64. The summed E-state index contributed by atoms with van der Waals surface area (Å²) in [6.07, 6.45) is 0. The highest BCUT2D eigenvalue weighted by molar-refractivity contribution is 7.92. The fraction of sp³-hybridized carbons (Fsp3) is 0.933. The van der Waals surface area contributed by atoms with Gasteiger partial charge in [0.2, 0.25) is 0 Å². The van der Waals surface area contributed by atoms with Gasteiger partial charge in [-0.25, -0.2) is 8.42 Å². The van der Waals surface area contributed by atoms with Gasteiger partial charge in [0, 0.05) is 32.7 Å². The predicted molar refractivity (Wildman–Crippen MR) is 93.2 cm³/mol. The van der Waals surface area contributed by atoms with Crippen LogP contribution in [0.3, 0.4) is 0 Å². The predicted octanol–water partition coefficient (Wildman–Crippen LogP) is 0.801. The smallest absolute Gasteiger partial charge is 0.193 e. The summed E-state index contributed by atoms with van der Waals surface area (Å²) in [5.41, 5.74) is 0. The van der Waals surface area contributed by atoms with Crippen molar-refractivity contribution in [2.75, 3.05) is 45.5 Å². The molecule has 0 aliphatic carbocycles. The molecule has 0 aromatic heterocycles. The quantitative estimate of drug-likeness (QED) is 0.596. The summed E-state index contributed by atoms with van der Waals surface area (Å²) >= 11 is 0. The van der Waals surface area contributed by atoms with Crippen LogP contribution >= 0.6 is 0 Å². The highest BCUT2D eigenvalue weighted by Crippen LogP contribution is 2.23. The molecule has 6 nitrogen and oxygen atoms in total. The summed E-state index contributed by atoms with van der Waals surface area (Å²) in [5, 5.41) is 3.39. The lowest BCUT2D eigenvalue weighted by atomic mass is 10.2. The molecule has 1 saturated heterocycles. The van der Waals surface area contributed by atoms with Crippen LogP contribution in [0.5, 0.6) is 0 Å². The number of hydrogen-bond acceptors (Lipinski definition) is 4. The summed E-state index contributed by atoms with van der Waals surface area (Å²) < 4.78 is 23.5. The van der Waals surface area contributed by atoms with Gasteiger partial charge in [0.25, 0.3) is 0 Å². The van der Waals surface area contributed by atoms with Gasteiger partial charge >= 0.3 is 0 Å². The van der Waals surface area contributed by atoms with Crippen molar-refractivity contribution in [3.8, 4) is 0 Å². The molecule has 0 radical (unpaired) electrons. The summed E-state index contributed by atoms with van der Waals surface area (Å²) in [7, 11) is -1.27. The molecule has 0 amide bonds. The molecule has 0 spiro atoms. The first kappa shape index (κ1) is 19.2. The topological polar surface area (TPSA) is 65.0 Å². The molecular weight excluding hydrogens is 300 g/mol.